The smallest absolute Gasteiger partial charge is 0.326 e. The Labute approximate surface area is 464 Å². The van der Waals surface area contributed by atoms with E-state index in [4.69, 9.17) is 0 Å². The summed E-state index contributed by atoms with van der Waals surface area (Å²) in [6.45, 7) is 6.99. The second-order valence-corrected chi connectivity index (χ2v) is 21.6. The molecule has 4 aromatic rings. The Bertz CT molecular complexity index is 2900. The summed E-state index contributed by atoms with van der Waals surface area (Å²) in [5.74, 6) is -11.7. The zero-order valence-corrected chi connectivity index (χ0v) is 47.1. The van der Waals surface area contributed by atoms with E-state index in [9.17, 15) is 68.4 Å². The quantitative estimate of drug-likeness (QED) is 0.0355. The fraction of sp³-hybridized carbons (Fsp3) is 0.490. The summed E-state index contributed by atoms with van der Waals surface area (Å²) in [4.78, 5) is 157. The summed E-state index contributed by atoms with van der Waals surface area (Å²) in [5.41, 5.74) is 1.44. The van der Waals surface area contributed by atoms with Crippen LogP contribution in [0, 0.1) is 11.8 Å². The molecule has 0 saturated heterocycles. The molecule has 0 aliphatic rings. The van der Waals surface area contributed by atoms with Gasteiger partial charge in [-0.15, -0.1) is 23.5 Å². The Kier molecular flexibility index (Phi) is 23.4. The Morgan fingerprint density at radius 2 is 0.886 bits per heavy atom. The van der Waals surface area contributed by atoms with Gasteiger partial charge in [-0.05, 0) is 56.2 Å². The SMILES string of the molecule is CSC(SC[C@@H](C(=O)N(C)[C@H](C(=O)O)C(C)C)N(C)C(=O)[C@H](C)NC(=O)[C@H](CO)NC(=O)c1cnc2ccccc2n1)[C@@H](C(=O)N(C)[C@H](C(=O)O)C(C)C)N(C)C(=O)[C@H](C)NC(=O)[C@H](CO)NC(=O)c1cnc2ccccc2n1. The first-order chi connectivity index (χ1) is 37.2. The summed E-state index contributed by atoms with van der Waals surface area (Å²) in [6, 6.07) is 1.36. The van der Waals surface area contributed by atoms with Gasteiger partial charge in [-0.25, -0.2) is 19.6 Å². The Hall–Kier alpha value is -7.56. The van der Waals surface area contributed by atoms with E-state index in [1.807, 2.05) is 0 Å². The Balaban J connectivity index is 1.63. The highest BCUT2D eigenvalue weighted by Crippen LogP contribution is 2.32. The number of carboxylic acids is 2. The molecule has 0 fully saturated rings. The van der Waals surface area contributed by atoms with Crippen molar-refractivity contribution >= 4 is 105 Å². The van der Waals surface area contributed by atoms with Gasteiger partial charge in [0.15, 0.2) is 0 Å². The highest BCUT2D eigenvalue weighted by Gasteiger charge is 2.44. The van der Waals surface area contributed by atoms with Gasteiger partial charge < -0.3 is 61.3 Å². The molecule has 28 heteroatoms. The normalized spacial score (nSPS) is 14.8. The van der Waals surface area contributed by atoms with Crippen LogP contribution in [0.1, 0.15) is 62.5 Å². The van der Waals surface area contributed by atoms with E-state index in [2.05, 4.69) is 41.2 Å². The maximum absolute atomic E-state index is 14.8. The number of likely N-dealkylation sites (N-methyl/N-ethyl adjacent to an activating group) is 4. The predicted molar refractivity (Wildman–Crippen MR) is 292 cm³/mol. The van der Waals surface area contributed by atoms with Gasteiger partial charge in [-0.3, -0.25) is 48.3 Å². The van der Waals surface area contributed by atoms with Gasteiger partial charge in [0.05, 0.1) is 52.3 Å². The molecule has 0 saturated carbocycles. The highest BCUT2D eigenvalue weighted by molar-refractivity contribution is 8.16. The third-order valence-corrected chi connectivity index (χ3v) is 15.6. The van der Waals surface area contributed by atoms with Crippen molar-refractivity contribution in [2.75, 3.05) is 53.4 Å². The number of nitrogens with one attached hydrogen (secondary N) is 4. The molecule has 0 aliphatic heterocycles. The molecule has 8 amide bonds. The minimum atomic E-state index is -1.60. The second kappa shape index (κ2) is 28.9. The van der Waals surface area contributed by atoms with Crippen LogP contribution in [0.4, 0.5) is 0 Å². The van der Waals surface area contributed by atoms with Gasteiger partial charge in [-0.1, -0.05) is 52.0 Å². The van der Waals surface area contributed by atoms with Gasteiger partial charge in [0.25, 0.3) is 11.8 Å². The van der Waals surface area contributed by atoms with E-state index in [0.29, 0.717) is 22.1 Å². The summed E-state index contributed by atoms with van der Waals surface area (Å²) < 4.78 is -1.11. The molecule has 2 aromatic heterocycles. The molecule has 1 unspecified atom stereocenters. The number of carbonyl (C=O) groups excluding carboxylic acids is 8. The monoisotopic (exact) mass is 1140 g/mol. The van der Waals surface area contributed by atoms with E-state index in [1.165, 1.54) is 54.4 Å². The minimum Gasteiger partial charge on any atom is -0.480 e. The summed E-state index contributed by atoms with van der Waals surface area (Å²) in [7, 11) is 4.92. The number of thioether (sulfide) groups is 2. The van der Waals surface area contributed by atoms with Crippen LogP contribution >= 0.6 is 23.5 Å². The lowest BCUT2D eigenvalue weighted by Gasteiger charge is -2.39. The minimum absolute atomic E-state index is 0.168. The average Bonchev–Trinajstić information content (AvgIpc) is 3.42. The van der Waals surface area contributed by atoms with Crippen molar-refractivity contribution in [3.63, 3.8) is 0 Å². The van der Waals surface area contributed by atoms with Gasteiger partial charge >= 0.3 is 11.9 Å². The lowest BCUT2D eigenvalue weighted by molar-refractivity contribution is -0.154. The van der Waals surface area contributed by atoms with Crippen LogP contribution in [0.25, 0.3) is 22.1 Å². The van der Waals surface area contributed by atoms with E-state index in [0.717, 1.165) is 43.1 Å². The second-order valence-electron chi connectivity index (χ2n) is 19.1. The first-order valence-corrected chi connectivity index (χ1v) is 27.1. The van der Waals surface area contributed by atoms with Gasteiger partial charge in [0, 0.05) is 33.9 Å². The number of nitrogens with zero attached hydrogens (tertiary/aromatic N) is 8. The number of aliphatic hydroxyl groups is 2. The van der Waals surface area contributed by atoms with Crippen molar-refractivity contribution in [1.29, 1.82) is 0 Å². The first kappa shape index (κ1) is 64.0. The number of aliphatic carboxylic acids is 2. The average molecular weight is 1140 g/mol. The molecule has 79 heavy (non-hydrogen) atoms. The standard InChI is InChI=1S/C51H68N12O14S2/c1-25(2)38(49(74)75)61(8)47(72)37(60(7)45(70)27(5)54-43(68)35(22-64)58-41(66)33-20-52-29-16-12-14-18-31(29)56-33)24-79-51(78-11)40(48(73)62(9)39(26(3)4)50(76)77)63(10)46(71)28(6)55-44(69)36(23-65)59-42(67)34-21-53-30-17-13-15-19-32(30)57-34/h12-21,25-28,35-40,51,64-65H,22-24H2,1-11H3,(H,54,68)(H,55,69)(H,58,66)(H,59,67)(H,74,75)(H,76,77)/t27-,28-,35-,36-,37-,38-,39-,40+,51?/m0/s1. The zero-order chi connectivity index (χ0) is 59.2. The lowest BCUT2D eigenvalue weighted by Crippen LogP contribution is -2.61. The number of carboxylic acid groups (broad SMARTS) is 2. The van der Waals surface area contributed by atoms with Crippen molar-refractivity contribution in [1.82, 2.24) is 60.8 Å². The largest absolute Gasteiger partial charge is 0.480 e. The lowest BCUT2D eigenvalue weighted by atomic mass is 10.0. The van der Waals surface area contributed by atoms with Gasteiger partial charge in [0.2, 0.25) is 35.4 Å². The fourth-order valence-corrected chi connectivity index (χ4v) is 11.0. The number of hydrogen-bond acceptors (Lipinski definition) is 18. The van der Waals surface area contributed by atoms with Crippen molar-refractivity contribution in [3.05, 3.63) is 72.3 Å². The first-order valence-electron chi connectivity index (χ1n) is 24.7. The molecule has 0 spiro atoms. The number of para-hydroxylation sites is 4. The van der Waals surface area contributed by atoms with Crippen LogP contribution < -0.4 is 21.3 Å². The number of rotatable bonds is 27. The third kappa shape index (κ3) is 16.0. The number of fused-ring (bicyclic) bond motifs is 2. The van der Waals surface area contributed by atoms with Crippen LogP contribution in [0.15, 0.2) is 60.9 Å². The molecule has 4 rings (SSSR count). The maximum Gasteiger partial charge on any atom is 0.326 e. The molecule has 0 aliphatic carbocycles. The summed E-state index contributed by atoms with van der Waals surface area (Å²) >= 11 is 1.89. The molecule has 8 N–H and O–H groups in total. The number of hydrogen-bond donors (Lipinski definition) is 8. The van der Waals surface area contributed by atoms with Crippen LogP contribution in [0.3, 0.4) is 0 Å². The molecular formula is C51H68N12O14S2. The van der Waals surface area contributed by atoms with Crippen LogP contribution in [0.5, 0.6) is 0 Å². The van der Waals surface area contributed by atoms with Crippen molar-refractivity contribution < 1.29 is 68.4 Å². The Morgan fingerprint density at radius 3 is 1.25 bits per heavy atom. The molecule has 2 aromatic carbocycles. The van der Waals surface area contributed by atoms with E-state index in [1.54, 1.807) is 82.5 Å². The Morgan fingerprint density at radius 1 is 0.519 bits per heavy atom. The van der Waals surface area contributed by atoms with Gasteiger partial charge in [0.1, 0.15) is 59.7 Å². The number of aliphatic hydroxyl groups excluding tert-OH is 2. The molecule has 0 bridgehead atoms. The molecule has 9 atom stereocenters. The molecule has 2 heterocycles. The number of carbonyl (C=O) groups is 10. The van der Waals surface area contributed by atoms with Gasteiger partial charge in [-0.2, -0.15) is 0 Å². The molecule has 428 valence electrons. The zero-order valence-electron chi connectivity index (χ0n) is 45.5. The maximum atomic E-state index is 14.8. The van der Waals surface area contributed by atoms with E-state index in [-0.39, 0.29) is 11.4 Å². The fourth-order valence-electron chi connectivity index (χ4n) is 8.44. The molecule has 0 radical (unpaired) electrons. The summed E-state index contributed by atoms with van der Waals surface area (Å²) in [5, 5.41) is 50.4. The highest BCUT2D eigenvalue weighted by atomic mass is 32.2. The van der Waals surface area contributed by atoms with Crippen LogP contribution in [0.2, 0.25) is 0 Å². The topological polar surface area (TPSA) is 364 Å². The van der Waals surface area contributed by atoms with Crippen LogP contribution in [-0.4, -0.2) is 225 Å². The van der Waals surface area contributed by atoms with Crippen molar-refractivity contribution in [3.8, 4) is 0 Å². The molecule has 26 nitrogen and oxygen atoms in total. The number of amides is 8. The molecular weight excluding hydrogens is 1070 g/mol. The van der Waals surface area contributed by atoms with E-state index >= 15 is 0 Å². The number of aromatic nitrogens is 4. The van der Waals surface area contributed by atoms with Crippen molar-refractivity contribution in [2.45, 2.75) is 94.5 Å². The van der Waals surface area contributed by atoms with E-state index < -0.39 is 143 Å². The predicted octanol–water partition coefficient (Wildman–Crippen LogP) is -0.324. The van der Waals surface area contributed by atoms with Crippen LogP contribution in [-0.2, 0) is 38.4 Å². The third-order valence-electron chi connectivity index (χ3n) is 12.8. The van der Waals surface area contributed by atoms with Crippen molar-refractivity contribution in [2.24, 2.45) is 11.8 Å². The number of benzene rings is 2. The summed E-state index contributed by atoms with van der Waals surface area (Å²) in [6.07, 6.45) is 3.93.